The molecule has 0 radical (unpaired) electrons. The molecule has 5 heteroatoms. The summed E-state index contributed by atoms with van der Waals surface area (Å²) in [5.74, 6) is 0.240. The van der Waals surface area contributed by atoms with Crippen molar-refractivity contribution in [3.05, 3.63) is 24.3 Å². The fraction of sp³-hybridized carbons (Fsp3) is 0.538. The molecule has 1 aliphatic carbocycles. The topological polar surface area (TPSA) is 21.3 Å². The number of nitrogens with one attached hydrogen (secondary N) is 1. The molecule has 1 aliphatic rings. The highest BCUT2D eigenvalue weighted by Crippen LogP contribution is 2.24. The van der Waals surface area contributed by atoms with Gasteiger partial charge in [0.2, 0.25) is 0 Å². The second-order valence-corrected chi connectivity index (χ2v) is 4.55. The Kier molecular flexibility index (Phi) is 3.99. The van der Waals surface area contributed by atoms with Crippen LogP contribution in [0.15, 0.2) is 24.3 Å². The summed E-state index contributed by atoms with van der Waals surface area (Å²) in [5.41, 5.74) is 0.932. The van der Waals surface area contributed by atoms with Gasteiger partial charge in [0.25, 0.3) is 0 Å². The summed E-state index contributed by atoms with van der Waals surface area (Å²) in [4.78, 5) is 0. The molecule has 1 saturated carbocycles. The minimum atomic E-state index is -4.29. The minimum absolute atomic E-state index is 0.240. The van der Waals surface area contributed by atoms with Crippen molar-refractivity contribution in [1.82, 2.24) is 0 Å². The third kappa shape index (κ3) is 4.13. The number of alkyl halides is 3. The fourth-order valence-corrected chi connectivity index (χ4v) is 2.12. The SMILES string of the molecule is FC(F)(F)COc1ccc(NC2CCCC2)cc1. The Balaban J connectivity index is 1.85. The second kappa shape index (κ2) is 5.50. The highest BCUT2D eigenvalue weighted by atomic mass is 19.4. The van der Waals surface area contributed by atoms with Crippen LogP contribution in [0.2, 0.25) is 0 Å². The molecule has 0 aromatic heterocycles. The highest BCUT2D eigenvalue weighted by Gasteiger charge is 2.28. The summed E-state index contributed by atoms with van der Waals surface area (Å²) in [6.45, 7) is -1.25. The van der Waals surface area contributed by atoms with E-state index in [1.807, 2.05) is 0 Å². The molecular weight excluding hydrogens is 243 g/mol. The van der Waals surface area contributed by atoms with Crippen LogP contribution < -0.4 is 10.1 Å². The van der Waals surface area contributed by atoms with Crippen molar-refractivity contribution in [3.63, 3.8) is 0 Å². The van der Waals surface area contributed by atoms with E-state index in [-0.39, 0.29) is 5.75 Å². The van der Waals surface area contributed by atoms with Crippen molar-refractivity contribution in [2.45, 2.75) is 37.9 Å². The first-order chi connectivity index (χ1) is 8.53. The molecule has 0 unspecified atom stereocenters. The van der Waals surface area contributed by atoms with E-state index in [9.17, 15) is 13.2 Å². The van der Waals surface area contributed by atoms with Gasteiger partial charge in [0, 0.05) is 11.7 Å². The number of halogens is 3. The molecule has 0 spiro atoms. The molecule has 100 valence electrons. The maximum Gasteiger partial charge on any atom is 0.422 e. The average Bonchev–Trinajstić information content (AvgIpc) is 2.80. The summed E-state index contributed by atoms with van der Waals surface area (Å²) in [6.07, 6.45) is 0.508. The van der Waals surface area contributed by atoms with Crippen LogP contribution in [-0.2, 0) is 0 Å². The smallest absolute Gasteiger partial charge is 0.422 e. The Labute approximate surface area is 104 Å². The lowest BCUT2D eigenvalue weighted by Gasteiger charge is -2.14. The Morgan fingerprint density at radius 3 is 2.28 bits per heavy atom. The average molecular weight is 259 g/mol. The molecule has 0 amide bonds. The van der Waals surface area contributed by atoms with Gasteiger partial charge in [0.15, 0.2) is 6.61 Å². The first kappa shape index (κ1) is 13.1. The van der Waals surface area contributed by atoms with Gasteiger partial charge in [-0.2, -0.15) is 13.2 Å². The predicted molar refractivity (Wildman–Crippen MR) is 63.9 cm³/mol. The van der Waals surface area contributed by atoms with Gasteiger partial charge < -0.3 is 10.1 Å². The number of anilines is 1. The van der Waals surface area contributed by atoms with E-state index < -0.39 is 12.8 Å². The van der Waals surface area contributed by atoms with E-state index in [4.69, 9.17) is 0 Å². The van der Waals surface area contributed by atoms with E-state index in [2.05, 4.69) is 10.1 Å². The summed E-state index contributed by atoms with van der Waals surface area (Å²) >= 11 is 0. The van der Waals surface area contributed by atoms with Crippen molar-refractivity contribution in [3.8, 4) is 5.75 Å². The van der Waals surface area contributed by atoms with Crippen LogP contribution in [0.25, 0.3) is 0 Å². The monoisotopic (exact) mass is 259 g/mol. The Bertz CT molecular complexity index is 369. The first-order valence-electron chi connectivity index (χ1n) is 6.09. The molecule has 1 aromatic carbocycles. The van der Waals surface area contributed by atoms with Crippen LogP contribution in [0.4, 0.5) is 18.9 Å². The Morgan fingerprint density at radius 2 is 1.72 bits per heavy atom. The molecule has 18 heavy (non-hydrogen) atoms. The number of rotatable bonds is 4. The zero-order valence-corrected chi connectivity index (χ0v) is 9.96. The molecular formula is C13H16F3NO. The van der Waals surface area contributed by atoms with E-state index in [0.29, 0.717) is 6.04 Å². The molecule has 2 nitrogen and oxygen atoms in total. The Hall–Kier alpha value is -1.39. The van der Waals surface area contributed by atoms with E-state index in [1.165, 1.54) is 12.8 Å². The van der Waals surface area contributed by atoms with Gasteiger partial charge in [-0.15, -0.1) is 0 Å². The van der Waals surface area contributed by atoms with Gasteiger partial charge in [-0.05, 0) is 37.1 Å². The van der Waals surface area contributed by atoms with Crippen molar-refractivity contribution in [1.29, 1.82) is 0 Å². The van der Waals surface area contributed by atoms with E-state index in [0.717, 1.165) is 18.5 Å². The number of hydrogen-bond donors (Lipinski definition) is 1. The zero-order chi connectivity index (χ0) is 13.0. The van der Waals surface area contributed by atoms with Crippen molar-refractivity contribution >= 4 is 5.69 Å². The summed E-state index contributed by atoms with van der Waals surface area (Å²) < 4.78 is 40.5. The van der Waals surface area contributed by atoms with Crippen LogP contribution in [0.1, 0.15) is 25.7 Å². The molecule has 2 rings (SSSR count). The predicted octanol–water partition coefficient (Wildman–Crippen LogP) is 3.98. The number of ether oxygens (including phenoxy) is 1. The van der Waals surface area contributed by atoms with Crippen LogP contribution >= 0.6 is 0 Å². The molecule has 0 heterocycles. The highest BCUT2D eigenvalue weighted by molar-refractivity contribution is 5.47. The van der Waals surface area contributed by atoms with Gasteiger partial charge >= 0.3 is 6.18 Å². The molecule has 1 N–H and O–H groups in total. The summed E-state index contributed by atoms with van der Waals surface area (Å²) in [5, 5.41) is 3.36. The largest absolute Gasteiger partial charge is 0.484 e. The lowest BCUT2D eigenvalue weighted by atomic mass is 10.2. The standard InChI is InChI=1S/C13H16F3NO/c14-13(15,16)9-18-12-7-5-11(6-8-12)17-10-3-1-2-4-10/h5-8,10,17H,1-4,9H2. The van der Waals surface area contributed by atoms with Gasteiger partial charge in [0.1, 0.15) is 5.75 Å². The lowest BCUT2D eigenvalue weighted by Crippen LogP contribution is -2.19. The van der Waals surface area contributed by atoms with Gasteiger partial charge in [-0.25, -0.2) is 0 Å². The van der Waals surface area contributed by atoms with Crippen LogP contribution in [0.3, 0.4) is 0 Å². The molecule has 0 atom stereocenters. The van der Waals surface area contributed by atoms with Crippen molar-refractivity contribution in [2.75, 3.05) is 11.9 Å². The maximum absolute atomic E-state index is 12.0. The zero-order valence-electron chi connectivity index (χ0n) is 9.96. The molecule has 0 bridgehead atoms. The first-order valence-corrected chi connectivity index (χ1v) is 6.09. The van der Waals surface area contributed by atoms with Gasteiger partial charge in [-0.1, -0.05) is 12.8 Å². The molecule has 1 aromatic rings. The maximum atomic E-state index is 12.0. The normalized spacial score (nSPS) is 16.8. The van der Waals surface area contributed by atoms with Gasteiger partial charge in [-0.3, -0.25) is 0 Å². The number of benzene rings is 1. The molecule has 0 saturated heterocycles. The van der Waals surface area contributed by atoms with E-state index >= 15 is 0 Å². The van der Waals surface area contributed by atoms with E-state index in [1.54, 1.807) is 24.3 Å². The number of hydrogen-bond acceptors (Lipinski definition) is 2. The third-order valence-corrected chi connectivity index (χ3v) is 2.98. The lowest BCUT2D eigenvalue weighted by molar-refractivity contribution is -0.153. The summed E-state index contributed by atoms with van der Waals surface area (Å²) in [6, 6.07) is 7.12. The van der Waals surface area contributed by atoms with Crippen molar-refractivity contribution in [2.24, 2.45) is 0 Å². The second-order valence-electron chi connectivity index (χ2n) is 4.55. The van der Waals surface area contributed by atoms with Crippen LogP contribution in [0, 0.1) is 0 Å². The van der Waals surface area contributed by atoms with Gasteiger partial charge in [0.05, 0.1) is 0 Å². The third-order valence-electron chi connectivity index (χ3n) is 2.98. The quantitative estimate of drug-likeness (QED) is 0.883. The minimum Gasteiger partial charge on any atom is -0.484 e. The van der Waals surface area contributed by atoms with Crippen LogP contribution in [-0.4, -0.2) is 18.8 Å². The fourth-order valence-electron chi connectivity index (χ4n) is 2.12. The van der Waals surface area contributed by atoms with Crippen molar-refractivity contribution < 1.29 is 17.9 Å². The molecule has 1 fully saturated rings. The van der Waals surface area contributed by atoms with Crippen LogP contribution in [0.5, 0.6) is 5.75 Å². The Morgan fingerprint density at radius 1 is 1.11 bits per heavy atom. The molecule has 0 aliphatic heterocycles. The summed E-state index contributed by atoms with van der Waals surface area (Å²) in [7, 11) is 0.